The molecule has 1 aromatic rings. The SMILES string of the molecule is CC.CC.CN.NCCC(=O)Oc1ccccc1. The maximum absolute atomic E-state index is 10.9. The largest absolute Gasteiger partial charge is 0.426 e. The fraction of sp³-hybridized carbons (Fsp3) is 0.500. The Morgan fingerprint density at radius 1 is 1.06 bits per heavy atom. The maximum atomic E-state index is 10.9. The summed E-state index contributed by atoms with van der Waals surface area (Å²) in [5.41, 5.74) is 9.68. The van der Waals surface area contributed by atoms with Crippen molar-refractivity contribution in [2.75, 3.05) is 13.6 Å². The van der Waals surface area contributed by atoms with E-state index in [1.165, 1.54) is 7.05 Å². The summed E-state index contributed by atoms with van der Waals surface area (Å²) in [7, 11) is 1.50. The molecule has 0 spiro atoms. The van der Waals surface area contributed by atoms with Gasteiger partial charge in [-0.3, -0.25) is 4.79 Å². The van der Waals surface area contributed by atoms with Crippen LogP contribution in [0, 0.1) is 0 Å². The Kier molecular flexibility index (Phi) is 25.4. The summed E-state index contributed by atoms with van der Waals surface area (Å²) >= 11 is 0. The van der Waals surface area contributed by atoms with Crippen molar-refractivity contribution in [1.82, 2.24) is 0 Å². The van der Waals surface area contributed by atoms with E-state index in [0.717, 1.165) is 0 Å². The van der Waals surface area contributed by atoms with Gasteiger partial charge in [-0.15, -0.1) is 0 Å². The molecule has 1 aromatic carbocycles. The van der Waals surface area contributed by atoms with Crippen molar-refractivity contribution in [3.63, 3.8) is 0 Å². The smallest absolute Gasteiger partial charge is 0.312 e. The van der Waals surface area contributed by atoms with Gasteiger partial charge in [0.05, 0.1) is 6.42 Å². The first-order valence-electron chi connectivity index (χ1n) is 6.36. The molecule has 0 aromatic heterocycles. The van der Waals surface area contributed by atoms with E-state index in [0.29, 0.717) is 12.3 Å². The van der Waals surface area contributed by atoms with E-state index in [2.05, 4.69) is 5.73 Å². The zero-order valence-corrected chi connectivity index (χ0v) is 12.3. The predicted octanol–water partition coefficient (Wildman–Crippen LogP) is 2.57. The van der Waals surface area contributed by atoms with Gasteiger partial charge in [-0.25, -0.2) is 0 Å². The second-order valence-electron chi connectivity index (χ2n) is 2.33. The first-order chi connectivity index (χ1) is 8.83. The summed E-state index contributed by atoms with van der Waals surface area (Å²) < 4.78 is 4.94. The quantitative estimate of drug-likeness (QED) is 0.643. The van der Waals surface area contributed by atoms with Crippen LogP contribution in [0.5, 0.6) is 5.75 Å². The van der Waals surface area contributed by atoms with E-state index in [1.807, 2.05) is 45.9 Å². The number of carbonyl (C=O) groups excluding carboxylic acids is 1. The zero-order chi connectivity index (χ0) is 14.8. The van der Waals surface area contributed by atoms with Gasteiger partial charge in [0.2, 0.25) is 0 Å². The summed E-state index contributed by atoms with van der Waals surface area (Å²) in [4.78, 5) is 10.9. The van der Waals surface area contributed by atoms with E-state index in [1.54, 1.807) is 12.1 Å². The highest BCUT2D eigenvalue weighted by atomic mass is 16.5. The number of nitrogens with two attached hydrogens (primary N) is 2. The highest BCUT2D eigenvalue weighted by Gasteiger charge is 2.01. The van der Waals surface area contributed by atoms with Crippen molar-refractivity contribution in [2.24, 2.45) is 11.5 Å². The maximum Gasteiger partial charge on any atom is 0.312 e. The molecule has 4 heteroatoms. The Labute approximate surface area is 111 Å². The van der Waals surface area contributed by atoms with Gasteiger partial charge in [-0.05, 0) is 19.2 Å². The van der Waals surface area contributed by atoms with Gasteiger partial charge in [0.15, 0.2) is 0 Å². The second kappa shape index (κ2) is 21.0. The van der Waals surface area contributed by atoms with Crippen molar-refractivity contribution in [3.8, 4) is 5.75 Å². The molecule has 0 amide bonds. The van der Waals surface area contributed by atoms with Crippen molar-refractivity contribution >= 4 is 5.97 Å². The number of hydrogen-bond acceptors (Lipinski definition) is 4. The normalized spacial score (nSPS) is 7.28. The van der Waals surface area contributed by atoms with E-state index in [-0.39, 0.29) is 12.4 Å². The van der Waals surface area contributed by atoms with Crippen LogP contribution in [0.2, 0.25) is 0 Å². The third-order valence-electron chi connectivity index (χ3n) is 1.32. The van der Waals surface area contributed by atoms with Crippen LogP contribution < -0.4 is 16.2 Å². The molecule has 0 saturated heterocycles. The minimum absolute atomic E-state index is 0.259. The number of hydrogen-bond donors (Lipinski definition) is 2. The molecule has 0 aliphatic heterocycles. The minimum atomic E-state index is -0.288. The van der Waals surface area contributed by atoms with Crippen molar-refractivity contribution < 1.29 is 9.53 Å². The van der Waals surface area contributed by atoms with E-state index in [9.17, 15) is 4.79 Å². The molecule has 4 N–H and O–H groups in total. The monoisotopic (exact) mass is 256 g/mol. The molecule has 0 radical (unpaired) electrons. The topological polar surface area (TPSA) is 78.3 Å². The van der Waals surface area contributed by atoms with Crippen molar-refractivity contribution in [2.45, 2.75) is 34.1 Å². The fourth-order valence-electron chi connectivity index (χ4n) is 0.789. The van der Waals surface area contributed by atoms with Gasteiger partial charge >= 0.3 is 5.97 Å². The van der Waals surface area contributed by atoms with Gasteiger partial charge in [-0.1, -0.05) is 45.9 Å². The van der Waals surface area contributed by atoms with E-state index in [4.69, 9.17) is 10.5 Å². The molecule has 0 fully saturated rings. The number of rotatable bonds is 3. The second-order valence-corrected chi connectivity index (χ2v) is 2.33. The van der Waals surface area contributed by atoms with Crippen LogP contribution in [0.15, 0.2) is 30.3 Å². The Bertz CT molecular complexity index is 251. The molecule has 0 atom stereocenters. The van der Waals surface area contributed by atoms with Crippen LogP contribution in [0.4, 0.5) is 0 Å². The zero-order valence-electron chi connectivity index (χ0n) is 12.3. The van der Waals surface area contributed by atoms with Crippen LogP contribution in [-0.4, -0.2) is 19.6 Å². The highest BCUT2D eigenvalue weighted by Crippen LogP contribution is 2.08. The lowest BCUT2D eigenvalue weighted by atomic mass is 10.3. The highest BCUT2D eigenvalue weighted by molar-refractivity contribution is 5.72. The summed E-state index contributed by atoms with van der Waals surface area (Å²) in [6.07, 6.45) is 0.259. The number of ether oxygens (including phenoxy) is 1. The van der Waals surface area contributed by atoms with Crippen LogP contribution in [0.25, 0.3) is 0 Å². The van der Waals surface area contributed by atoms with Gasteiger partial charge < -0.3 is 16.2 Å². The molecule has 0 unspecified atom stereocenters. The van der Waals surface area contributed by atoms with Crippen LogP contribution >= 0.6 is 0 Å². The van der Waals surface area contributed by atoms with Gasteiger partial charge in [-0.2, -0.15) is 0 Å². The standard InChI is InChI=1S/C9H11NO2.2C2H6.CH5N/c10-7-6-9(11)12-8-4-2-1-3-5-8;3*1-2/h1-5H,6-7,10H2;2*1-2H3;2H2,1H3. The first-order valence-corrected chi connectivity index (χ1v) is 6.36. The molecule has 4 nitrogen and oxygen atoms in total. The fourth-order valence-corrected chi connectivity index (χ4v) is 0.789. The van der Waals surface area contributed by atoms with Crippen LogP contribution in [0.3, 0.4) is 0 Å². The average molecular weight is 256 g/mol. The molecule has 0 heterocycles. The van der Waals surface area contributed by atoms with Crippen molar-refractivity contribution in [1.29, 1.82) is 0 Å². The molecule has 1 rings (SSSR count). The first kappa shape index (κ1) is 21.9. The summed E-state index contributed by atoms with van der Waals surface area (Å²) in [6.45, 7) is 8.33. The number of carbonyl (C=O) groups is 1. The molecule has 0 saturated carbocycles. The molecule has 0 aliphatic rings. The summed E-state index contributed by atoms with van der Waals surface area (Å²) in [6, 6.07) is 8.94. The Hall–Kier alpha value is -1.39. The Morgan fingerprint density at radius 2 is 1.50 bits per heavy atom. The van der Waals surface area contributed by atoms with Gasteiger partial charge in [0.25, 0.3) is 0 Å². The lowest BCUT2D eigenvalue weighted by Crippen LogP contribution is -2.13. The Morgan fingerprint density at radius 3 is 1.89 bits per heavy atom. The van der Waals surface area contributed by atoms with Gasteiger partial charge in [0.1, 0.15) is 5.75 Å². The Balaban J connectivity index is -0.000000328. The number of esters is 1. The van der Waals surface area contributed by atoms with Crippen LogP contribution in [0.1, 0.15) is 34.1 Å². The third kappa shape index (κ3) is 14.6. The van der Waals surface area contributed by atoms with Crippen molar-refractivity contribution in [3.05, 3.63) is 30.3 Å². The molecule has 0 bridgehead atoms. The average Bonchev–Trinajstić information content (AvgIpc) is 2.47. The lowest BCUT2D eigenvalue weighted by molar-refractivity contribution is -0.134. The summed E-state index contributed by atoms with van der Waals surface area (Å²) in [5.74, 6) is 0.277. The minimum Gasteiger partial charge on any atom is -0.426 e. The predicted molar refractivity (Wildman–Crippen MR) is 78.6 cm³/mol. The lowest BCUT2D eigenvalue weighted by Gasteiger charge is -2.01. The molecule has 0 aliphatic carbocycles. The summed E-state index contributed by atoms with van der Waals surface area (Å²) in [5, 5.41) is 0. The number of benzene rings is 1. The van der Waals surface area contributed by atoms with Crippen LogP contribution in [-0.2, 0) is 4.79 Å². The molecular weight excluding hydrogens is 228 g/mol. The van der Waals surface area contributed by atoms with E-state index < -0.39 is 0 Å². The number of para-hydroxylation sites is 1. The third-order valence-corrected chi connectivity index (χ3v) is 1.32. The van der Waals surface area contributed by atoms with Gasteiger partial charge in [0, 0.05) is 6.54 Å². The molecule has 18 heavy (non-hydrogen) atoms. The van der Waals surface area contributed by atoms with E-state index >= 15 is 0 Å². The molecule has 106 valence electrons. The molecular formula is C14H28N2O2.